The standard InChI is InChI=1S/C23H18FN5O2/c24-20-12-17(7-9-22(20)31-19-5-3-11-25-13-19)8-10-23(30)28-21-6-2-1-4-18(21)14-29-16-26-15-27-29/h1-13,15-16H,14H2,(H,28,30)/b10-8+. The van der Waals surface area contributed by atoms with Crippen LogP contribution in [-0.2, 0) is 11.3 Å². The van der Waals surface area contributed by atoms with Crippen LogP contribution in [0.4, 0.5) is 10.1 Å². The van der Waals surface area contributed by atoms with E-state index in [9.17, 15) is 9.18 Å². The molecule has 2 heterocycles. The van der Waals surface area contributed by atoms with Crippen LogP contribution in [0.1, 0.15) is 11.1 Å². The van der Waals surface area contributed by atoms with Crippen LogP contribution >= 0.6 is 0 Å². The fourth-order valence-electron chi connectivity index (χ4n) is 2.85. The number of hydrogen-bond acceptors (Lipinski definition) is 5. The van der Waals surface area contributed by atoms with E-state index >= 15 is 0 Å². The van der Waals surface area contributed by atoms with Crippen LogP contribution in [0.3, 0.4) is 0 Å². The second-order valence-corrected chi connectivity index (χ2v) is 6.55. The molecule has 0 atom stereocenters. The summed E-state index contributed by atoms with van der Waals surface area (Å²) in [6.45, 7) is 0.476. The number of rotatable bonds is 7. The third-order valence-electron chi connectivity index (χ3n) is 4.32. The molecule has 0 radical (unpaired) electrons. The Bertz CT molecular complexity index is 1190. The molecule has 0 unspecified atom stereocenters. The molecule has 2 aromatic carbocycles. The first-order valence-corrected chi connectivity index (χ1v) is 9.44. The zero-order valence-corrected chi connectivity index (χ0v) is 16.4. The summed E-state index contributed by atoms with van der Waals surface area (Å²) in [4.78, 5) is 20.2. The van der Waals surface area contributed by atoms with E-state index < -0.39 is 5.82 Å². The monoisotopic (exact) mass is 415 g/mol. The molecular formula is C23H18FN5O2. The summed E-state index contributed by atoms with van der Waals surface area (Å²) in [5, 5.41) is 6.92. The van der Waals surface area contributed by atoms with E-state index in [1.165, 1.54) is 36.8 Å². The summed E-state index contributed by atoms with van der Waals surface area (Å²) < 4.78 is 21.5. The van der Waals surface area contributed by atoms with Gasteiger partial charge in [0.05, 0.1) is 12.7 Å². The fraction of sp³-hybridized carbons (Fsp3) is 0.0435. The molecule has 0 aliphatic rings. The van der Waals surface area contributed by atoms with E-state index in [0.717, 1.165) is 5.56 Å². The molecule has 0 aliphatic carbocycles. The maximum absolute atomic E-state index is 14.3. The molecule has 0 aliphatic heterocycles. The molecule has 0 bridgehead atoms. The van der Waals surface area contributed by atoms with E-state index in [-0.39, 0.29) is 11.7 Å². The van der Waals surface area contributed by atoms with Gasteiger partial charge in [-0.15, -0.1) is 0 Å². The van der Waals surface area contributed by atoms with Gasteiger partial charge in [0, 0.05) is 18.0 Å². The molecule has 0 saturated heterocycles. The Morgan fingerprint density at radius 1 is 1.13 bits per heavy atom. The minimum atomic E-state index is -0.537. The molecule has 8 heteroatoms. The Morgan fingerprint density at radius 3 is 2.81 bits per heavy atom. The SMILES string of the molecule is O=C(/C=C/c1ccc(Oc2cccnc2)c(F)c1)Nc1ccccc1Cn1cncn1. The zero-order chi connectivity index (χ0) is 21.5. The highest BCUT2D eigenvalue weighted by molar-refractivity contribution is 6.02. The quantitative estimate of drug-likeness (QED) is 0.455. The number of para-hydroxylation sites is 1. The van der Waals surface area contributed by atoms with Crippen molar-refractivity contribution in [2.75, 3.05) is 5.32 Å². The summed E-state index contributed by atoms with van der Waals surface area (Å²) in [7, 11) is 0. The first-order valence-electron chi connectivity index (χ1n) is 9.44. The van der Waals surface area contributed by atoms with E-state index in [0.29, 0.717) is 23.5 Å². The number of carbonyl (C=O) groups is 1. The average molecular weight is 415 g/mol. The summed E-state index contributed by atoms with van der Waals surface area (Å²) >= 11 is 0. The number of amides is 1. The van der Waals surface area contributed by atoms with Gasteiger partial charge >= 0.3 is 0 Å². The van der Waals surface area contributed by atoms with Crippen molar-refractivity contribution in [2.24, 2.45) is 0 Å². The summed E-state index contributed by atoms with van der Waals surface area (Å²) in [5.41, 5.74) is 2.08. The van der Waals surface area contributed by atoms with E-state index in [2.05, 4.69) is 20.4 Å². The molecule has 4 rings (SSSR count). The highest BCUT2D eigenvalue weighted by Crippen LogP contribution is 2.25. The molecule has 0 spiro atoms. The van der Waals surface area contributed by atoms with Gasteiger partial charge in [0.15, 0.2) is 11.6 Å². The number of ether oxygens (including phenoxy) is 1. The van der Waals surface area contributed by atoms with Crippen molar-refractivity contribution in [2.45, 2.75) is 6.54 Å². The van der Waals surface area contributed by atoms with E-state index in [1.807, 2.05) is 24.3 Å². The van der Waals surface area contributed by atoms with Crippen molar-refractivity contribution in [3.8, 4) is 11.5 Å². The van der Waals surface area contributed by atoms with E-state index in [4.69, 9.17) is 4.74 Å². The van der Waals surface area contributed by atoms with Crippen molar-refractivity contribution in [1.29, 1.82) is 0 Å². The van der Waals surface area contributed by atoms with Gasteiger partial charge in [0.25, 0.3) is 0 Å². The molecule has 0 fully saturated rings. The van der Waals surface area contributed by atoms with Crippen molar-refractivity contribution >= 4 is 17.7 Å². The summed E-state index contributed by atoms with van der Waals surface area (Å²) in [6, 6.07) is 15.3. The molecule has 2 aromatic heterocycles. The van der Waals surface area contributed by atoms with Crippen molar-refractivity contribution < 1.29 is 13.9 Å². The minimum absolute atomic E-state index is 0.0802. The number of anilines is 1. The number of hydrogen-bond donors (Lipinski definition) is 1. The van der Waals surface area contributed by atoms with Crippen molar-refractivity contribution in [3.05, 3.63) is 103 Å². The number of nitrogens with one attached hydrogen (secondary N) is 1. The van der Waals surface area contributed by atoms with Gasteiger partial charge in [-0.3, -0.25) is 9.78 Å². The van der Waals surface area contributed by atoms with Gasteiger partial charge in [-0.25, -0.2) is 14.1 Å². The van der Waals surface area contributed by atoms with Gasteiger partial charge in [0.1, 0.15) is 18.4 Å². The Kier molecular flexibility index (Phi) is 6.08. The lowest BCUT2D eigenvalue weighted by Gasteiger charge is -2.09. The van der Waals surface area contributed by atoms with E-state index in [1.54, 1.807) is 35.4 Å². The maximum atomic E-state index is 14.3. The highest BCUT2D eigenvalue weighted by Gasteiger charge is 2.07. The normalized spacial score (nSPS) is 10.9. The van der Waals surface area contributed by atoms with Gasteiger partial charge in [-0.2, -0.15) is 5.10 Å². The molecule has 154 valence electrons. The van der Waals surface area contributed by atoms with Gasteiger partial charge in [-0.05, 0) is 47.5 Å². The topological polar surface area (TPSA) is 81.9 Å². The smallest absolute Gasteiger partial charge is 0.248 e. The molecule has 31 heavy (non-hydrogen) atoms. The first-order chi connectivity index (χ1) is 15.2. The predicted octanol–water partition coefficient (Wildman–Crippen LogP) is 4.30. The molecule has 1 amide bonds. The van der Waals surface area contributed by atoms with Crippen molar-refractivity contribution in [1.82, 2.24) is 19.7 Å². The lowest BCUT2D eigenvalue weighted by molar-refractivity contribution is -0.111. The molecule has 1 N–H and O–H groups in total. The van der Waals surface area contributed by atoms with Crippen LogP contribution < -0.4 is 10.1 Å². The second-order valence-electron chi connectivity index (χ2n) is 6.55. The number of carbonyl (C=O) groups excluding carboxylic acids is 1. The van der Waals surface area contributed by atoms with Crippen LogP contribution in [-0.4, -0.2) is 25.7 Å². The molecular weight excluding hydrogens is 397 g/mol. The summed E-state index contributed by atoms with van der Waals surface area (Å²) in [5.74, 6) is -0.350. The number of pyridine rings is 1. The largest absolute Gasteiger partial charge is 0.453 e. The Morgan fingerprint density at radius 2 is 2.03 bits per heavy atom. The second kappa shape index (κ2) is 9.45. The Balaban J connectivity index is 1.41. The van der Waals surface area contributed by atoms with Crippen molar-refractivity contribution in [3.63, 3.8) is 0 Å². The lowest BCUT2D eigenvalue weighted by Crippen LogP contribution is -2.11. The third kappa shape index (κ3) is 5.39. The lowest BCUT2D eigenvalue weighted by atomic mass is 10.1. The predicted molar refractivity (Wildman–Crippen MR) is 114 cm³/mol. The first kappa shape index (κ1) is 20.0. The van der Waals surface area contributed by atoms with Crippen LogP contribution in [0.5, 0.6) is 11.5 Å². The summed E-state index contributed by atoms with van der Waals surface area (Å²) in [6.07, 6.45) is 9.05. The maximum Gasteiger partial charge on any atom is 0.248 e. The van der Waals surface area contributed by atoms with Crippen LogP contribution in [0.25, 0.3) is 6.08 Å². The molecule has 0 saturated carbocycles. The number of aromatic nitrogens is 4. The van der Waals surface area contributed by atoms with Gasteiger partial charge < -0.3 is 10.1 Å². The van der Waals surface area contributed by atoms with Gasteiger partial charge in [0.2, 0.25) is 5.91 Å². The number of halogens is 1. The fourth-order valence-corrected chi connectivity index (χ4v) is 2.85. The van der Waals surface area contributed by atoms with Crippen LogP contribution in [0.15, 0.2) is 85.7 Å². The Labute approximate surface area is 177 Å². The van der Waals surface area contributed by atoms with Crippen LogP contribution in [0.2, 0.25) is 0 Å². The van der Waals surface area contributed by atoms with Gasteiger partial charge in [-0.1, -0.05) is 24.3 Å². The Hall–Kier alpha value is -4.33. The zero-order valence-electron chi connectivity index (χ0n) is 16.4. The average Bonchev–Trinajstić information content (AvgIpc) is 3.29. The minimum Gasteiger partial charge on any atom is -0.453 e. The number of benzene rings is 2. The molecule has 7 nitrogen and oxygen atoms in total. The van der Waals surface area contributed by atoms with Crippen LogP contribution in [0, 0.1) is 5.82 Å². The third-order valence-corrected chi connectivity index (χ3v) is 4.32. The number of nitrogens with zero attached hydrogens (tertiary/aromatic N) is 4. The molecule has 4 aromatic rings. The highest BCUT2D eigenvalue weighted by atomic mass is 19.1.